The fourth-order valence-corrected chi connectivity index (χ4v) is 2.43. The van der Waals surface area contributed by atoms with E-state index in [2.05, 4.69) is 35.8 Å². The fourth-order valence-electron chi connectivity index (χ4n) is 2.43. The summed E-state index contributed by atoms with van der Waals surface area (Å²) in [7, 11) is 4.17. The van der Waals surface area contributed by atoms with Crippen LogP contribution in [0.3, 0.4) is 0 Å². The van der Waals surface area contributed by atoms with Crippen molar-refractivity contribution in [3.63, 3.8) is 0 Å². The van der Waals surface area contributed by atoms with E-state index in [9.17, 15) is 5.11 Å². The summed E-state index contributed by atoms with van der Waals surface area (Å²) in [6, 6.07) is 5.89. The van der Waals surface area contributed by atoms with Gasteiger partial charge >= 0.3 is 0 Å². The molecule has 2 heterocycles. The van der Waals surface area contributed by atoms with Crippen LogP contribution in [0.1, 0.15) is 19.0 Å². The van der Waals surface area contributed by atoms with Crippen molar-refractivity contribution >= 4 is 11.5 Å². The van der Waals surface area contributed by atoms with E-state index in [1.165, 1.54) is 0 Å². The Bertz CT molecular complexity index is 550. The van der Waals surface area contributed by atoms with Crippen LogP contribution in [0, 0.1) is 0 Å². The van der Waals surface area contributed by atoms with Crippen molar-refractivity contribution in [1.29, 1.82) is 0 Å². The zero-order valence-electron chi connectivity index (χ0n) is 12.6. The van der Waals surface area contributed by atoms with Gasteiger partial charge < -0.3 is 14.9 Å². The number of rotatable bonds is 7. The molecule has 0 bridgehead atoms. The predicted molar refractivity (Wildman–Crippen MR) is 82.2 cm³/mol. The van der Waals surface area contributed by atoms with Crippen molar-refractivity contribution in [1.82, 2.24) is 14.3 Å². The first-order valence-corrected chi connectivity index (χ1v) is 7.13. The molecule has 2 aromatic heterocycles. The number of pyridine rings is 1. The minimum absolute atomic E-state index is 0.00466. The van der Waals surface area contributed by atoms with Crippen molar-refractivity contribution < 1.29 is 5.11 Å². The number of hydrogen-bond acceptors (Lipinski definition) is 4. The number of nitrogens with zero attached hydrogens (tertiary/aromatic N) is 4. The number of imidazole rings is 1. The summed E-state index contributed by atoms with van der Waals surface area (Å²) in [4.78, 5) is 9.09. The van der Waals surface area contributed by atoms with E-state index >= 15 is 0 Å². The van der Waals surface area contributed by atoms with Crippen LogP contribution in [0.25, 0.3) is 5.65 Å². The third-order valence-corrected chi connectivity index (χ3v) is 3.47. The highest BCUT2D eigenvalue weighted by Gasteiger charge is 2.16. The van der Waals surface area contributed by atoms with Crippen LogP contribution in [0.5, 0.6) is 0 Å². The Morgan fingerprint density at radius 3 is 2.70 bits per heavy atom. The van der Waals surface area contributed by atoms with Crippen molar-refractivity contribution in [3.05, 3.63) is 30.1 Å². The number of aliphatic hydroxyl groups is 1. The van der Waals surface area contributed by atoms with E-state index in [0.717, 1.165) is 43.2 Å². The minimum atomic E-state index is 0.00466. The van der Waals surface area contributed by atoms with Crippen LogP contribution in [0.4, 0.5) is 5.82 Å². The zero-order chi connectivity index (χ0) is 14.5. The summed E-state index contributed by atoms with van der Waals surface area (Å²) in [6.45, 7) is 5.03. The normalized spacial score (nSPS) is 11.4. The van der Waals surface area contributed by atoms with Crippen molar-refractivity contribution in [2.45, 2.75) is 20.0 Å². The number of fused-ring (bicyclic) bond motifs is 1. The van der Waals surface area contributed by atoms with Gasteiger partial charge in [0.1, 0.15) is 5.65 Å². The lowest BCUT2D eigenvalue weighted by Gasteiger charge is -2.22. The van der Waals surface area contributed by atoms with E-state index in [-0.39, 0.29) is 6.61 Å². The standard InChI is InChI=1S/C15H24N4O/c1-4-18(10-7-9-17(2)3)15-13(12-20)19-11-6-5-8-14(19)16-15/h5-6,8,11,20H,4,7,9-10,12H2,1-3H3. The highest BCUT2D eigenvalue weighted by Crippen LogP contribution is 2.22. The average Bonchev–Trinajstić information content (AvgIpc) is 2.81. The Hall–Kier alpha value is -1.59. The molecule has 0 spiro atoms. The quantitative estimate of drug-likeness (QED) is 0.834. The third kappa shape index (κ3) is 3.11. The Kier molecular flexibility index (Phi) is 4.98. The Balaban J connectivity index is 2.24. The smallest absolute Gasteiger partial charge is 0.153 e. The fraction of sp³-hybridized carbons (Fsp3) is 0.533. The summed E-state index contributed by atoms with van der Waals surface area (Å²) >= 11 is 0. The lowest BCUT2D eigenvalue weighted by molar-refractivity contribution is 0.276. The summed E-state index contributed by atoms with van der Waals surface area (Å²) in [5.41, 5.74) is 1.75. The summed E-state index contributed by atoms with van der Waals surface area (Å²) in [6.07, 6.45) is 3.03. The third-order valence-electron chi connectivity index (χ3n) is 3.47. The van der Waals surface area contributed by atoms with Gasteiger partial charge in [-0.25, -0.2) is 4.98 Å². The maximum Gasteiger partial charge on any atom is 0.153 e. The summed E-state index contributed by atoms with van der Waals surface area (Å²) < 4.78 is 1.96. The van der Waals surface area contributed by atoms with Crippen LogP contribution in [-0.4, -0.2) is 53.1 Å². The molecule has 2 aromatic rings. The molecule has 0 fully saturated rings. The summed E-state index contributed by atoms with van der Waals surface area (Å²) in [5.74, 6) is 0.903. The minimum Gasteiger partial charge on any atom is -0.390 e. The van der Waals surface area contributed by atoms with Gasteiger partial charge in [0.15, 0.2) is 5.82 Å². The highest BCUT2D eigenvalue weighted by molar-refractivity contribution is 5.55. The van der Waals surface area contributed by atoms with Crippen LogP contribution in [0.15, 0.2) is 24.4 Å². The van der Waals surface area contributed by atoms with Gasteiger partial charge in [-0.2, -0.15) is 0 Å². The van der Waals surface area contributed by atoms with E-state index < -0.39 is 0 Å². The lowest BCUT2D eigenvalue weighted by atomic mass is 10.3. The van der Waals surface area contributed by atoms with Crippen molar-refractivity contribution in [2.75, 3.05) is 38.6 Å². The second-order valence-electron chi connectivity index (χ2n) is 5.21. The Morgan fingerprint density at radius 2 is 2.05 bits per heavy atom. The molecule has 0 aromatic carbocycles. The van der Waals surface area contributed by atoms with E-state index in [1.54, 1.807) is 0 Å². The molecular formula is C15H24N4O. The van der Waals surface area contributed by atoms with Gasteiger partial charge in [0.05, 0.1) is 12.3 Å². The van der Waals surface area contributed by atoms with Crippen LogP contribution in [-0.2, 0) is 6.61 Å². The zero-order valence-corrected chi connectivity index (χ0v) is 12.6. The van der Waals surface area contributed by atoms with Crippen molar-refractivity contribution in [2.24, 2.45) is 0 Å². The first kappa shape index (κ1) is 14.8. The number of hydrogen-bond donors (Lipinski definition) is 1. The monoisotopic (exact) mass is 276 g/mol. The topological polar surface area (TPSA) is 44.0 Å². The first-order chi connectivity index (χ1) is 9.67. The number of aliphatic hydroxyl groups excluding tert-OH is 1. The first-order valence-electron chi connectivity index (χ1n) is 7.13. The maximum atomic E-state index is 9.67. The van der Waals surface area contributed by atoms with Crippen LogP contribution < -0.4 is 4.90 Å². The molecule has 5 heteroatoms. The molecule has 0 radical (unpaired) electrons. The predicted octanol–water partition coefficient (Wildman–Crippen LogP) is 1.60. The number of aromatic nitrogens is 2. The molecule has 0 saturated heterocycles. The van der Waals surface area contributed by atoms with Crippen LogP contribution >= 0.6 is 0 Å². The molecule has 1 N–H and O–H groups in total. The molecule has 0 aliphatic rings. The molecule has 0 aliphatic heterocycles. The molecular weight excluding hydrogens is 252 g/mol. The lowest BCUT2D eigenvalue weighted by Crippen LogP contribution is -2.28. The van der Waals surface area contributed by atoms with Gasteiger partial charge in [-0.3, -0.25) is 4.40 Å². The molecule has 5 nitrogen and oxygen atoms in total. The van der Waals surface area contributed by atoms with E-state index in [4.69, 9.17) is 0 Å². The Morgan fingerprint density at radius 1 is 1.25 bits per heavy atom. The maximum absolute atomic E-state index is 9.67. The van der Waals surface area contributed by atoms with Gasteiger partial charge in [0, 0.05) is 19.3 Å². The SMILES string of the molecule is CCN(CCCN(C)C)c1nc2ccccn2c1CO. The Labute approximate surface area is 120 Å². The van der Waals surface area contributed by atoms with E-state index in [0.29, 0.717) is 0 Å². The molecule has 0 unspecified atom stereocenters. The van der Waals surface area contributed by atoms with Crippen LogP contribution in [0.2, 0.25) is 0 Å². The highest BCUT2D eigenvalue weighted by atomic mass is 16.3. The summed E-state index contributed by atoms with van der Waals surface area (Å²) in [5, 5.41) is 9.67. The van der Waals surface area contributed by atoms with E-state index in [1.807, 2.05) is 28.8 Å². The molecule has 0 aliphatic carbocycles. The molecule has 2 rings (SSSR count). The molecule has 0 atom stereocenters. The van der Waals surface area contributed by atoms with Gasteiger partial charge in [-0.1, -0.05) is 6.07 Å². The van der Waals surface area contributed by atoms with Crippen molar-refractivity contribution in [3.8, 4) is 0 Å². The van der Waals surface area contributed by atoms with Gasteiger partial charge in [-0.05, 0) is 46.1 Å². The largest absolute Gasteiger partial charge is 0.390 e. The molecule has 0 saturated carbocycles. The molecule has 0 amide bonds. The molecule has 20 heavy (non-hydrogen) atoms. The van der Waals surface area contributed by atoms with Gasteiger partial charge in [0.2, 0.25) is 0 Å². The molecule has 110 valence electrons. The number of anilines is 1. The average molecular weight is 276 g/mol. The van der Waals surface area contributed by atoms with Gasteiger partial charge in [-0.15, -0.1) is 0 Å². The second-order valence-corrected chi connectivity index (χ2v) is 5.21. The van der Waals surface area contributed by atoms with Gasteiger partial charge in [0.25, 0.3) is 0 Å². The second kappa shape index (κ2) is 6.72.